The number of hydrogen-bond acceptors (Lipinski definition) is 2. The molecule has 0 heterocycles. The molecule has 0 radical (unpaired) electrons. The number of rotatable bonds is 3. The van der Waals surface area contributed by atoms with Crippen molar-refractivity contribution in [2.75, 3.05) is 4.72 Å². The zero-order valence-electron chi connectivity index (χ0n) is 10.0. The van der Waals surface area contributed by atoms with Crippen LogP contribution >= 0.6 is 11.6 Å². The summed E-state index contributed by atoms with van der Waals surface area (Å²) in [5.41, 5.74) is -0.549. The molecule has 9 heteroatoms. The Bertz CT molecular complexity index is 811. The Morgan fingerprint density at radius 1 is 0.905 bits per heavy atom. The summed E-state index contributed by atoms with van der Waals surface area (Å²) < 4.78 is 78.5. The molecular formula is C12H6ClF4NO2S. The van der Waals surface area contributed by atoms with Crippen molar-refractivity contribution < 1.29 is 26.0 Å². The van der Waals surface area contributed by atoms with E-state index in [1.165, 1.54) is 12.1 Å². The maximum absolute atomic E-state index is 13.6. The van der Waals surface area contributed by atoms with E-state index in [-0.39, 0.29) is 5.02 Å². The minimum atomic E-state index is -4.65. The molecule has 0 bridgehead atoms. The molecule has 0 amide bonds. The summed E-state index contributed by atoms with van der Waals surface area (Å²) in [6.45, 7) is 0. The van der Waals surface area contributed by atoms with Crippen LogP contribution in [0, 0.1) is 23.3 Å². The summed E-state index contributed by atoms with van der Waals surface area (Å²) in [5, 5.41) is -0.360. The predicted octanol–water partition coefficient (Wildman–Crippen LogP) is 3.70. The summed E-state index contributed by atoms with van der Waals surface area (Å²) >= 11 is 5.47. The normalized spacial score (nSPS) is 11.5. The van der Waals surface area contributed by atoms with E-state index in [0.29, 0.717) is 12.1 Å². The van der Waals surface area contributed by atoms with Gasteiger partial charge in [0, 0.05) is 0 Å². The molecule has 112 valence electrons. The van der Waals surface area contributed by atoms with Gasteiger partial charge < -0.3 is 0 Å². The molecule has 0 fully saturated rings. The van der Waals surface area contributed by atoms with Crippen LogP contribution in [-0.2, 0) is 10.0 Å². The zero-order chi connectivity index (χ0) is 15.8. The van der Waals surface area contributed by atoms with Gasteiger partial charge in [-0.2, -0.15) is 0 Å². The lowest BCUT2D eigenvalue weighted by molar-refractivity contribution is 0.432. The Balaban J connectivity index is 2.49. The molecule has 0 saturated heterocycles. The van der Waals surface area contributed by atoms with Crippen molar-refractivity contribution in [3.8, 4) is 0 Å². The number of halogens is 5. The van der Waals surface area contributed by atoms with Gasteiger partial charge in [0.1, 0.15) is 4.90 Å². The van der Waals surface area contributed by atoms with Crippen molar-refractivity contribution in [3.05, 3.63) is 58.6 Å². The summed E-state index contributed by atoms with van der Waals surface area (Å²) in [5.74, 6) is -6.46. The van der Waals surface area contributed by atoms with Crippen LogP contribution in [0.25, 0.3) is 0 Å². The first-order valence-corrected chi connectivity index (χ1v) is 7.20. The topological polar surface area (TPSA) is 46.2 Å². The number of anilines is 1. The van der Waals surface area contributed by atoms with E-state index in [2.05, 4.69) is 0 Å². The first kappa shape index (κ1) is 15.6. The minimum Gasteiger partial charge on any atom is -0.277 e. The number of benzene rings is 2. The molecule has 2 aromatic carbocycles. The van der Waals surface area contributed by atoms with Crippen LogP contribution in [0.2, 0.25) is 5.02 Å². The fourth-order valence-corrected chi connectivity index (χ4v) is 2.80. The van der Waals surface area contributed by atoms with Gasteiger partial charge in [-0.05, 0) is 24.3 Å². The maximum atomic E-state index is 13.6. The van der Waals surface area contributed by atoms with Crippen LogP contribution in [0.5, 0.6) is 0 Å². The quantitative estimate of drug-likeness (QED) is 0.684. The van der Waals surface area contributed by atoms with Gasteiger partial charge in [0.25, 0.3) is 10.0 Å². The van der Waals surface area contributed by atoms with E-state index in [1.54, 1.807) is 4.72 Å². The fourth-order valence-electron chi connectivity index (χ4n) is 1.50. The van der Waals surface area contributed by atoms with Gasteiger partial charge in [-0.15, -0.1) is 0 Å². The van der Waals surface area contributed by atoms with Gasteiger partial charge in [-0.3, -0.25) is 4.72 Å². The second-order valence-corrected chi connectivity index (χ2v) is 5.94. The van der Waals surface area contributed by atoms with E-state index < -0.39 is 43.9 Å². The van der Waals surface area contributed by atoms with E-state index in [9.17, 15) is 26.0 Å². The van der Waals surface area contributed by atoms with Gasteiger partial charge in [0.05, 0.1) is 10.7 Å². The average Bonchev–Trinajstić information content (AvgIpc) is 2.41. The molecule has 0 saturated carbocycles. The molecule has 0 unspecified atom stereocenters. The minimum absolute atomic E-state index is 0.360. The highest BCUT2D eigenvalue weighted by molar-refractivity contribution is 7.92. The third-order valence-corrected chi connectivity index (χ3v) is 4.16. The molecule has 0 aliphatic heterocycles. The zero-order valence-corrected chi connectivity index (χ0v) is 11.6. The molecule has 2 rings (SSSR count). The van der Waals surface area contributed by atoms with Gasteiger partial charge in [0.15, 0.2) is 23.3 Å². The maximum Gasteiger partial charge on any atom is 0.265 e. The first-order valence-electron chi connectivity index (χ1n) is 5.34. The van der Waals surface area contributed by atoms with Crippen LogP contribution in [0.3, 0.4) is 0 Å². The van der Waals surface area contributed by atoms with Crippen molar-refractivity contribution in [1.82, 2.24) is 0 Å². The Morgan fingerprint density at radius 2 is 1.57 bits per heavy atom. The first-order chi connectivity index (χ1) is 9.74. The van der Waals surface area contributed by atoms with Crippen LogP contribution in [0.4, 0.5) is 23.2 Å². The van der Waals surface area contributed by atoms with Gasteiger partial charge >= 0.3 is 0 Å². The number of nitrogens with one attached hydrogen (secondary N) is 1. The van der Waals surface area contributed by atoms with E-state index >= 15 is 0 Å². The molecular weight excluding hydrogens is 334 g/mol. The Hall–Kier alpha value is -1.80. The molecule has 0 aromatic heterocycles. The summed E-state index contributed by atoms with van der Waals surface area (Å²) in [6, 6.07) is 4.44. The van der Waals surface area contributed by atoms with E-state index in [4.69, 9.17) is 11.6 Å². The van der Waals surface area contributed by atoms with Crippen LogP contribution in [0.15, 0.2) is 35.2 Å². The molecule has 0 aliphatic carbocycles. The highest BCUT2D eigenvalue weighted by Gasteiger charge is 2.25. The number of sulfonamides is 1. The van der Waals surface area contributed by atoms with Crippen molar-refractivity contribution in [3.63, 3.8) is 0 Å². The highest BCUT2D eigenvalue weighted by atomic mass is 35.5. The Morgan fingerprint density at radius 3 is 2.24 bits per heavy atom. The lowest BCUT2D eigenvalue weighted by Crippen LogP contribution is -2.16. The Labute approximate surface area is 122 Å². The lowest BCUT2D eigenvalue weighted by atomic mass is 10.3. The average molecular weight is 340 g/mol. The van der Waals surface area contributed by atoms with Gasteiger partial charge in [-0.25, -0.2) is 26.0 Å². The standard InChI is InChI=1S/C12H6ClF4NO2S/c13-6-2-1-3-8(10(6)15)18-21(19,20)9-5-4-7(14)11(16)12(9)17/h1-5,18H. The predicted molar refractivity (Wildman–Crippen MR) is 68.5 cm³/mol. The molecule has 0 spiro atoms. The summed E-state index contributed by atoms with van der Waals surface area (Å²) in [6.07, 6.45) is 0. The van der Waals surface area contributed by atoms with Crippen LogP contribution in [0.1, 0.15) is 0 Å². The fraction of sp³-hybridized carbons (Fsp3) is 0. The summed E-state index contributed by atoms with van der Waals surface area (Å²) in [4.78, 5) is -1.15. The third kappa shape index (κ3) is 2.96. The summed E-state index contributed by atoms with van der Waals surface area (Å²) in [7, 11) is -4.65. The van der Waals surface area contributed by atoms with Gasteiger partial charge in [-0.1, -0.05) is 17.7 Å². The molecule has 1 N–H and O–H groups in total. The monoisotopic (exact) mass is 339 g/mol. The molecule has 3 nitrogen and oxygen atoms in total. The van der Waals surface area contributed by atoms with Crippen molar-refractivity contribution in [2.24, 2.45) is 0 Å². The highest BCUT2D eigenvalue weighted by Crippen LogP contribution is 2.26. The van der Waals surface area contributed by atoms with Gasteiger partial charge in [0.2, 0.25) is 0 Å². The molecule has 0 atom stereocenters. The second-order valence-electron chi connectivity index (χ2n) is 3.88. The van der Waals surface area contributed by atoms with Crippen molar-refractivity contribution in [2.45, 2.75) is 4.90 Å². The third-order valence-electron chi connectivity index (χ3n) is 2.49. The largest absolute Gasteiger partial charge is 0.277 e. The second kappa shape index (κ2) is 5.53. The smallest absolute Gasteiger partial charge is 0.265 e. The van der Waals surface area contributed by atoms with Crippen LogP contribution < -0.4 is 4.72 Å². The molecule has 0 aliphatic rings. The molecule has 2 aromatic rings. The number of hydrogen-bond donors (Lipinski definition) is 1. The Kier molecular flexibility index (Phi) is 4.11. The van der Waals surface area contributed by atoms with Crippen LogP contribution in [-0.4, -0.2) is 8.42 Å². The SMILES string of the molecule is O=S(=O)(Nc1cccc(Cl)c1F)c1ccc(F)c(F)c1F. The van der Waals surface area contributed by atoms with E-state index in [1.807, 2.05) is 0 Å². The lowest BCUT2D eigenvalue weighted by Gasteiger charge is -2.10. The van der Waals surface area contributed by atoms with Crippen molar-refractivity contribution >= 4 is 27.3 Å². The van der Waals surface area contributed by atoms with E-state index in [0.717, 1.165) is 6.07 Å². The van der Waals surface area contributed by atoms with Crippen molar-refractivity contribution in [1.29, 1.82) is 0 Å². The molecule has 21 heavy (non-hydrogen) atoms.